The molecule has 2 aromatic heterocycles. The van der Waals surface area contributed by atoms with Gasteiger partial charge in [-0.25, -0.2) is 9.67 Å². The maximum Gasteiger partial charge on any atom is 0.230 e. The monoisotopic (exact) mass is 290 g/mol. The number of fused-ring (bicyclic) bond motifs is 1. The predicted octanol–water partition coefficient (Wildman–Crippen LogP) is 1.45. The standard InChI is InChI=1S/C14H22N6O/c1-4-11-16-12-6-5-10(8-20(12)19-11)15-7-13-17-18-14(21-13)9(2)3/h9-10,15H,4-8H2,1-3H3/t10-/m1/s1. The van der Waals surface area contributed by atoms with E-state index >= 15 is 0 Å². The first-order chi connectivity index (χ1) is 10.2. The number of nitrogens with one attached hydrogen (secondary N) is 1. The number of nitrogens with zero attached hydrogens (tertiary/aromatic N) is 5. The predicted molar refractivity (Wildman–Crippen MR) is 76.7 cm³/mol. The summed E-state index contributed by atoms with van der Waals surface area (Å²) in [5, 5.41) is 16.1. The fraction of sp³-hybridized carbons (Fsp3) is 0.714. The zero-order valence-electron chi connectivity index (χ0n) is 12.8. The van der Waals surface area contributed by atoms with Gasteiger partial charge in [0.1, 0.15) is 5.82 Å². The van der Waals surface area contributed by atoms with Crippen LogP contribution >= 0.6 is 0 Å². The molecule has 2 aromatic rings. The number of rotatable bonds is 5. The second kappa shape index (κ2) is 5.93. The zero-order chi connectivity index (χ0) is 14.8. The van der Waals surface area contributed by atoms with Crippen molar-refractivity contribution in [1.29, 1.82) is 0 Å². The summed E-state index contributed by atoms with van der Waals surface area (Å²) in [6, 6.07) is 0.373. The Morgan fingerprint density at radius 3 is 2.95 bits per heavy atom. The summed E-state index contributed by atoms with van der Waals surface area (Å²) in [5.41, 5.74) is 0. The largest absolute Gasteiger partial charge is 0.424 e. The van der Waals surface area contributed by atoms with Gasteiger partial charge in [0.2, 0.25) is 11.8 Å². The molecular weight excluding hydrogens is 268 g/mol. The SMILES string of the molecule is CCc1nc2n(n1)C[C@H](NCc1nnc(C(C)C)o1)CC2. The maximum absolute atomic E-state index is 5.61. The normalized spacial score (nSPS) is 18.2. The summed E-state index contributed by atoms with van der Waals surface area (Å²) in [6.07, 6.45) is 2.91. The van der Waals surface area contributed by atoms with Crippen LogP contribution in [-0.4, -0.2) is 31.0 Å². The van der Waals surface area contributed by atoms with E-state index in [9.17, 15) is 0 Å². The van der Waals surface area contributed by atoms with Gasteiger partial charge in [-0.05, 0) is 6.42 Å². The lowest BCUT2D eigenvalue weighted by Gasteiger charge is -2.22. The summed E-state index contributed by atoms with van der Waals surface area (Å²) in [7, 11) is 0. The highest BCUT2D eigenvalue weighted by Crippen LogP contribution is 2.15. The molecule has 1 aliphatic heterocycles. The highest BCUT2D eigenvalue weighted by molar-refractivity contribution is 4.98. The molecule has 0 aromatic carbocycles. The fourth-order valence-corrected chi connectivity index (χ4v) is 2.48. The first-order valence-corrected chi connectivity index (χ1v) is 7.64. The number of aromatic nitrogens is 5. The average molecular weight is 290 g/mol. The van der Waals surface area contributed by atoms with Crippen LogP contribution in [0.25, 0.3) is 0 Å². The van der Waals surface area contributed by atoms with E-state index in [0.717, 1.165) is 37.5 Å². The van der Waals surface area contributed by atoms with Crippen LogP contribution in [0.15, 0.2) is 4.42 Å². The van der Waals surface area contributed by atoms with Gasteiger partial charge in [-0.15, -0.1) is 10.2 Å². The Labute approximate surface area is 124 Å². The highest BCUT2D eigenvalue weighted by Gasteiger charge is 2.21. The summed E-state index contributed by atoms with van der Waals surface area (Å²) in [6.45, 7) is 7.63. The van der Waals surface area contributed by atoms with Crippen molar-refractivity contribution in [2.24, 2.45) is 0 Å². The lowest BCUT2D eigenvalue weighted by atomic mass is 10.1. The first kappa shape index (κ1) is 14.2. The second-order valence-electron chi connectivity index (χ2n) is 5.79. The lowest BCUT2D eigenvalue weighted by molar-refractivity contribution is 0.335. The van der Waals surface area contributed by atoms with E-state index < -0.39 is 0 Å². The van der Waals surface area contributed by atoms with Gasteiger partial charge in [-0.3, -0.25) is 0 Å². The molecule has 1 aliphatic rings. The van der Waals surface area contributed by atoms with Crippen LogP contribution in [0.5, 0.6) is 0 Å². The molecule has 3 rings (SSSR count). The molecule has 1 N–H and O–H groups in total. The van der Waals surface area contributed by atoms with Gasteiger partial charge in [0.15, 0.2) is 5.82 Å². The van der Waals surface area contributed by atoms with Gasteiger partial charge in [0.05, 0.1) is 13.1 Å². The maximum atomic E-state index is 5.61. The zero-order valence-corrected chi connectivity index (χ0v) is 12.8. The average Bonchev–Trinajstić information content (AvgIpc) is 3.10. The molecule has 0 saturated carbocycles. The third-order valence-electron chi connectivity index (χ3n) is 3.74. The molecule has 7 heteroatoms. The second-order valence-corrected chi connectivity index (χ2v) is 5.79. The minimum absolute atomic E-state index is 0.270. The Bertz CT molecular complexity index is 602. The van der Waals surface area contributed by atoms with Gasteiger partial charge in [0.25, 0.3) is 0 Å². The molecule has 1 atom stereocenters. The van der Waals surface area contributed by atoms with Crippen molar-refractivity contribution >= 4 is 0 Å². The smallest absolute Gasteiger partial charge is 0.230 e. The molecule has 0 spiro atoms. The van der Waals surface area contributed by atoms with Crippen LogP contribution in [0.1, 0.15) is 56.5 Å². The molecule has 7 nitrogen and oxygen atoms in total. The van der Waals surface area contributed by atoms with Gasteiger partial charge < -0.3 is 9.73 Å². The van der Waals surface area contributed by atoms with Gasteiger partial charge in [-0.1, -0.05) is 20.8 Å². The van der Waals surface area contributed by atoms with Crippen LogP contribution in [0.2, 0.25) is 0 Å². The Balaban J connectivity index is 1.56. The van der Waals surface area contributed by atoms with Gasteiger partial charge >= 0.3 is 0 Å². The molecule has 0 bridgehead atoms. The number of hydrogen-bond acceptors (Lipinski definition) is 6. The van der Waals surface area contributed by atoms with E-state index in [1.54, 1.807) is 0 Å². The molecule has 3 heterocycles. The molecular formula is C14H22N6O. The summed E-state index contributed by atoms with van der Waals surface area (Å²) < 4.78 is 7.63. The Morgan fingerprint density at radius 2 is 2.24 bits per heavy atom. The molecule has 0 radical (unpaired) electrons. The van der Waals surface area contributed by atoms with Gasteiger partial charge in [0, 0.05) is 24.8 Å². The van der Waals surface area contributed by atoms with E-state index in [2.05, 4.69) is 32.5 Å². The molecule has 0 saturated heterocycles. The van der Waals surface area contributed by atoms with Crippen molar-refractivity contribution in [3.05, 3.63) is 23.4 Å². The summed E-state index contributed by atoms with van der Waals surface area (Å²) in [5.74, 6) is 3.65. The van der Waals surface area contributed by atoms with Crippen LogP contribution in [-0.2, 0) is 25.9 Å². The van der Waals surface area contributed by atoms with Gasteiger partial charge in [-0.2, -0.15) is 5.10 Å². The number of aryl methyl sites for hydroxylation is 2. The van der Waals surface area contributed by atoms with E-state index in [1.165, 1.54) is 0 Å². The lowest BCUT2D eigenvalue weighted by Crippen LogP contribution is -2.37. The van der Waals surface area contributed by atoms with Crippen LogP contribution in [0.4, 0.5) is 0 Å². The third kappa shape index (κ3) is 3.12. The van der Waals surface area contributed by atoms with Crippen molar-refractivity contribution in [3.8, 4) is 0 Å². The molecule has 0 aliphatic carbocycles. The van der Waals surface area contributed by atoms with Crippen molar-refractivity contribution in [2.75, 3.05) is 0 Å². The summed E-state index contributed by atoms with van der Waals surface area (Å²) >= 11 is 0. The Kier molecular flexibility index (Phi) is 4.01. The van der Waals surface area contributed by atoms with E-state index in [4.69, 9.17) is 4.42 Å². The number of hydrogen-bond donors (Lipinski definition) is 1. The minimum Gasteiger partial charge on any atom is -0.424 e. The topological polar surface area (TPSA) is 81.7 Å². The molecule has 0 unspecified atom stereocenters. The molecule has 0 fully saturated rings. The Hall–Kier alpha value is -1.76. The highest BCUT2D eigenvalue weighted by atomic mass is 16.4. The van der Waals surface area contributed by atoms with Crippen LogP contribution < -0.4 is 5.32 Å². The summed E-state index contributed by atoms with van der Waals surface area (Å²) in [4.78, 5) is 4.53. The van der Waals surface area contributed by atoms with E-state index in [1.807, 2.05) is 18.5 Å². The van der Waals surface area contributed by atoms with Crippen molar-refractivity contribution in [3.63, 3.8) is 0 Å². The Morgan fingerprint density at radius 1 is 1.38 bits per heavy atom. The minimum atomic E-state index is 0.270. The fourth-order valence-electron chi connectivity index (χ4n) is 2.48. The quantitative estimate of drug-likeness (QED) is 0.897. The molecule has 0 amide bonds. The van der Waals surface area contributed by atoms with Crippen LogP contribution in [0.3, 0.4) is 0 Å². The molecule has 21 heavy (non-hydrogen) atoms. The van der Waals surface area contributed by atoms with Crippen molar-refractivity contribution in [1.82, 2.24) is 30.3 Å². The van der Waals surface area contributed by atoms with Crippen molar-refractivity contribution < 1.29 is 4.42 Å². The van der Waals surface area contributed by atoms with Crippen molar-refractivity contribution in [2.45, 2.75) is 65.1 Å². The van der Waals surface area contributed by atoms with Crippen LogP contribution in [0, 0.1) is 0 Å². The first-order valence-electron chi connectivity index (χ1n) is 7.64. The third-order valence-corrected chi connectivity index (χ3v) is 3.74. The molecule has 114 valence electrons. The van der Waals surface area contributed by atoms with E-state index in [0.29, 0.717) is 24.4 Å². The van der Waals surface area contributed by atoms with E-state index in [-0.39, 0.29) is 5.92 Å².